The number of nitrogens with one attached hydrogen (secondary N) is 1. The Morgan fingerprint density at radius 2 is 2.14 bits per heavy atom. The average Bonchev–Trinajstić information content (AvgIpc) is 3.21. The first-order valence-electron chi connectivity index (χ1n) is 8.45. The average molecular weight is 378 g/mol. The van der Waals surface area contributed by atoms with Gasteiger partial charge in [0.25, 0.3) is 0 Å². The van der Waals surface area contributed by atoms with E-state index in [-0.39, 0.29) is 29.1 Å². The van der Waals surface area contributed by atoms with Crippen molar-refractivity contribution in [1.29, 1.82) is 5.26 Å². The van der Waals surface area contributed by atoms with E-state index < -0.39 is 4.92 Å². The van der Waals surface area contributed by atoms with Gasteiger partial charge in [-0.05, 0) is 6.07 Å². The van der Waals surface area contributed by atoms with Gasteiger partial charge >= 0.3 is 5.69 Å². The van der Waals surface area contributed by atoms with Gasteiger partial charge < -0.3 is 14.8 Å². The second-order valence-electron chi connectivity index (χ2n) is 6.05. The van der Waals surface area contributed by atoms with Crippen molar-refractivity contribution in [1.82, 2.24) is 15.0 Å². The summed E-state index contributed by atoms with van der Waals surface area (Å²) in [6.45, 7) is 0.940. The van der Waals surface area contributed by atoms with Crippen LogP contribution in [0.3, 0.4) is 0 Å². The van der Waals surface area contributed by atoms with Crippen LogP contribution in [0.15, 0.2) is 36.8 Å². The van der Waals surface area contributed by atoms with Crippen molar-refractivity contribution in [2.75, 3.05) is 18.5 Å². The van der Waals surface area contributed by atoms with Crippen molar-refractivity contribution in [2.45, 2.75) is 12.5 Å². The SMILES string of the molecule is N#Cc1cnc2cc(OC3CCOC3)c([N+](=O)[O-])cc2c1Nc1ncccn1. The molecule has 2 aromatic heterocycles. The third-order valence-electron chi connectivity index (χ3n) is 4.25. The summed E-state index contributed by atoms with van der Waals surface area (Å²) in [6.07, 6.45) is 4.90. The molecule has 0 radical (unpaired) electrons. The molecular weight excluding hydrogens is 364 g/mol. The fourth-order valence-electron chi connectivity index (χ4n) is 2.93. The molecule has 0 bridgehead atoms. The highest BCUT2D eigenvalue weighted by Crippen LogP contribution is 2.37. The van der Waals surface area contributed by atoms with Gasteiger partial charge in [0.05, 0.1) is 34.9 Å². The van der Waals surface area contributed by atoms with Crippen LogP contribution in [0.4, 0.5) is 17.3 Å². The predicted octanol–water partition coefficient (Wildman–Crippen LogP) is 2.72. The number of rotatable bonds is 5. The number of benzene rings is 1. The lowest BCUT2D eigenvalue weighted by Crippen LogP contribution is -2.16. The van der Waals surface area contributed by atoms with Crippen LogP contribution in [0.1, 0.15) is 12.0 Å². The molecule has 3 aromatic rings. The smallest absolute Gasteiger partial charge is 0.311 e. The Labute approximate surface area is 158 Å². The number of nitro groups is 1. The minimum Gasteiger partial charge on any atom is -0.481 e. The van der Waals surface area contributed by atoms with Crippen LogP contribution < -0.4 is 10.1 Å². The van der Waals surface area contributed by atoms with E-state index in [4.69, 9.17) is 9.47 Å². The summed E-state index contributed by atoms with van der Waals surface area (Å²) in [4.78, 5) is 23.5. The van der Waals surface area contributed by atoms with Crippen LogP contribution in [-0.2, 0) is 4.74 Å². The standard InChI is InChI=1S/C18H14N6O4/c19-8-11-9-22-14-7-16(28-12-2-5-27-10-12)15(24(25)26)6-13(14)17(11)23-18-20-3-1-4-21-18/h1,3-4,6-7,9,12H,2,5,10H2,(H,20,21,22,23). The monoisotopic (exact) mass is 378 g/mol. The molecule has 10 nitrogen and oxygen atoms in total. The summed E-state index contributed by atoms with van der Waals surface area (Å²) in [7, 11) is 0. The van der Waals surface area contributed by atoms with Crippen molar-refractivity contribution >= 4 is 28.2 Å². The quantitative estimate of drug-likeness (QED) is 0.525. The largest absolute Gasteiger partial charge is 0.481 e. The van der Waals surface area contributed by atoms with Crippen molar-refractivity contribution in [2.24, 2.45) is 0 Å². The molecule has 1 aromatic carbocycles. The molecule has 1 aliphatic rings. The van der Waals surface area contributed by atoms with Gasteiger partial charge in [0.2, 0.25) is 5.95 Å². The minimum atomic E-state index is -0.521. The Morgan fingerprint density at radius 3 is 2.82 bits per heavy atom. The topological polar surface area (TPSA) is 136 Å². The zero-order valence-corrected chi connectivity index (χ0v) is 14.5. The van der Waals surface area contributed by atoms with E-state index in [0.717, 1.165) is 0 Å². The molecule has 4 rings (SSSR count). The number of anilines is 2. The van der Waals surface area contributed by atoms with Crippen molar-refractivity contribution in [3.05, 3.63) is 52.5 Å². The number of pyridine rings is 1. The van der Waals surface area contributed by atoms with E-state index in [2.05, 4.69) is 20.3 Å². The highest BCUT2D eigenvalue weighted by molar-refractivity contribution is 5.97. The first-order chi connectivity index (χ1) is 13.7. The van der Waals surface area contributed by atoms with Crippen molar-refractivity contribution in [3.8, 4) is 11.8 Å². The molecular formula is C18H14N6O4. The molecule has 0 spiro atoms. The van der Waals surface area contributed by atoms with Crippen LogP contribution >= 0.6 is 0 Å². The van der Waals surface area contributed by atoms with E-state index in [1.165, 1.54) is 18.3 Å². The van der Waals surface area contributed by atoms with Crippen LogP contribution in [-0.4, -0.2) is 39.2 Å². The van der Waals surface area contributed by atoms with E-state index in [1.54, 1.807) is 18.5 Å². The van der Waals surface area contributed by atoms with Gasteiger partial charge in [-0.2, -0.15) is 5.26 Å². The van der Waals surface area contributed by atoms with Gasteiger partial charge in [-0.1, -0.05) is 0 Å². The number of fused-ring (bicyclic) bond motifs is 1. The first kappa shape index (κ1) is 17.6. The van der Waals surface area contributed by atoms with Crippen LogP contribution in [0.5, 0.6) is 5.75 Å². The van der Waals surface area contributed by atoms with Gasteiger partial charge in [0, 0.05) is 42.5 Å². The highest BCUT2D eigenvalue weighted by atomic mass is 16.6. The fraction of sp³-hybridized carbons (Fsp3) is 0.222. The fourth-order valence-corrected chi connectivity index (χ4v) is 2.93. The molecule has 140 valence electrons. The predicted molar refractivity (Wildman–Crippen MR) is 98.3 cm³/mol. The van der Waals surface area contributed by atoms with E-state index in [1.807, 2.05) is 6.07 Å². The molecule has 0 amide bonds. The molecule has 0 saturated carbocycles. The number of aromatic nitrogens is 3. The van der Waals surface area contributed by atoms with E-state index in [9.17, 15) is 15.4 Å². The Hall–Kier alpha value is -3.84. The van der Waals surface area contributed by atoms with Crippen LogP contribution in [0.2, 0.25) is 0 Å². The molecule has 1 aliphatic heterocycles. The third-order valence-corrected chi connectivity index (χ3v) is 4.25. The lowest BCUT2D eigenvalue weighted by Gasteiger charge is -2.14. The summed E-state index contributed by atoms with van der Waals surface area (Å²) < 4.78 is 11.0. The summed E-state index contributed by atoms with van der Waals surface area (Å²) in [5.74, 6) is 0.379. The van der Waals surface area contributed by atoms with Gasteiger partial charge in [-0.3, -0.25) is 15.1 Å². The molecule has 28 heavy (non-hydrogen) atoms. The molecule has 1 saturated heterocycles. The number of nitrogens with zero attached hydrogens (tertiary/aromatic N) is 5. The molecule has 1 fully saturated rings. The highest BCUT2D eigenvalue weighted by Gasteiger charge is 2.25. The molecule has 1 N–H and O–H groups in total. The summed E-state index contributed by atoms with van der Waals surface area (Å²) in [6, 6.07) is 6.54. The summed E-state index contributed by atoms with van der Waals surface area (Å²) >= 11 is 0. The third kappa shape index (κ3) is 3.38. The number of hydrogen-bond donors (Lipinski definition) is 1. The molecule has 3 heterocycles. The van der Waals surface area contributed by atoms with Gasteiger partial charge in [0.15, 0.2) is 5.75 Å². The maximum atomic E-state index is 11.6. The van der Waals surface area contributed by atoms with Gasteiger partial charge in [-0.25, -0.2) is 9.97 Å². The van der Waals surface area contributed by atoms with Crippen LogP contribution in [0.25, 0.3) is 10.9 Å². The second-order valence-corrected chi connectivity index (χ2v) is 6.05. The summed E-state index contributed by atoms with van der Waals surface area (Å²) in [5.41, 5.74) is 0.787. The van der Waals surface area contributed by atoms with Gasteiger partial charge in [0.1, 0.15) is 12.2 Å². The van der Waals surface area contributed by atoms with Crippen LogP contribution in [0, 0.1) is 21.4 Å². The zero-order chi connectivity index (χ0) is 19.5. The minimum absolute atomic E-state index is 0.118. The van der Waals surface area contributed by atoms with E-state index in [0.29, 0.717) is 36.2 Å². The Bertz CT molecular complexity index is 1080. The normalized spacial score (nSPS) is 15.9. The Morgan fingerprint density at radius 1 is 1.32 bits per heavy atom. The Balaban J connectivity index is 1.84. The number of nitriles is 1. The van der Waals surface area contributed by atoms with E-state index >= 15 is 0 Å². The zero-order valence-electron chi connectivity index (χ0n) is 14.5. The number of hydrogen-bond acceptors (Lipinski definition) is 9. The maximum absolute atomic E-state index is 11.6. The van der Waals surface area contributed by atoms with Crippen molar-refractivity contribution < 1.29 is 14.4 Å². The Kier molecular flexibility index (Phi) is 4.65. The molecule has 1 unspecified atom stereocenters. The van der Waals surface area contributed by atoms with Gasteiger partial charge in [-0.15, -0.1) is 0 Å². The molecule has 0 aliphatic carbocycles. The maximum Gasteiger partial charge on any atom is 0.311 e. The lowest BCUT2D eigenvalue weighted by molar-refractivity contribution is -0.385. The lowest BCUT2D eigenvalue weighted by atomic mass is 10.1. The molecule has 1 atom stereocenters. The molecule has 10 heteroatoms. The second kappa shape index (κ2) is 7.42. The van der Waals surface area contributed by atoms with Crippen molar-refractivity contribution in [3.63, 3.8) is 0 Å². The summed E-state index contributed by atoms with van der Waals surface area (Å²) in [5, 5.41) is 24.4. The number of ether oxygens (including phenoxy) is 2. The number of nitro benzene ring substituents is 1. The first-order valence-corrected chi connectivity index (χ1v) is 8.45.